The van der Waals surface area contributed by atoms with Crippen LogP contribution in [0.3, 0.4) is 0 Å². The van der Waals surface area contributed by atoms with E-state index in [-0.39, 0.29) is 25.5 Å². The van der Waals surface area contributed by atoms with Crippen LogP contribution in [0.25, 0.3) is 0 Å². The summed E-state index contributed by atoms with van der Waals surface area (Å²) in [6.07, 6.45) is -2.28. The third-order valence-electron chi connectivity index (χ3n) is 4.39. The van der Waals surface area contributed by atoms with Crippen molar-refractivity contribution in [3.05, 3.63) is 65.2 Å². The highest BCUT2D eigenvalue weighted by atomic mass is 16.5. The maximum atomic E-state index is 11.7. The van der Waals surface area contributed by atoms with Gasteiger partial charge in [-0.1, -0.05) is 42.5 Å². The molecule has 142 valence electrons. The van der Waals surface area contributed by atoms with Gasteiger partial charge >= 0.3 is 6.09 Å². The molecule has 1 aliphatic heterocycles. The van der Waals surface area contributed by atoms with E-state index in [0.29, 0.717) is 17.7 Å². The van der Waals surface area contributed by atoms with E-state index < -0.39 is 18.3 Å². The summed E-state index contributed by atoms with van der Waals surface area (Å²) in [7, 11) is 0. The number of carbonyl (C=O) groups excluding carboxylic acids is 2. The number of rotatable bonds is 7. The third kappa shape index (κ3) is 5.06. The Morgan fingerprint density at radius 3 is 2.74 bits per heavy atom. The average Bonchev–Trinajstić information content (AvgIpc) is 3.05. The number of ether oxygens (including phenoxy) is 1. The first kappa shape index (κ1) is 18.9. The second-order valence-electron chi connectivity index (χ2n) is 6.43. The highest BCUT2D eigenvalue weighted by Gasteiger charge is 2.23. The van der Waals surface area contributed by atoms with Crippen molar-refractivity contribution in [1.29, 1.82) is 0 Å². The number of amides is 2. The highest BCUT2D eigenvalue weighted by molar-refractivity contribution is 5.99. The molecule has 0 radical (unpaired) electrons. The summed E-state index contributed by atoms with van der Waals surface area (Å²) >= 11 is 0. The minimum Gasteiger partial charge on any atom is -0.445 e. The Hall–Kier alpha value is -2.90. The maximum Gasteiger partial charge on any atom is 0.407 e. The zero-order valence-electron chi connectivity index (χ0n) is 14.7. The van der Waals surface area contributed by atoms with Crippen LogP contribution in [-0.4, -0.2) is 34.9 Å². The van der Waals surface area contributed by atoms with Gasteiger partial charge in [-0.25, -0.2) is 4.79 Å². The number of anilines is 1. The number of aliphatic hydroxyl groups excluding tert-OH is 2. The quantitative estimate of drug-likeness (QED) is 0.595. The molecule has 0 saturated heterocycles. The van der Waals surface area contributed by atoms with Crippen LogP contribution in [0.1, 0.15) is 29.2 Å². The predicted molar refractivity (Wildman–Crippen MR) is 99.0 cm³/mol. The molecular formula is C20H22N2O5. The average molecular weight is 370 g/mol. The second-order valence-corrected chi connectivity index (χ2v) is 6.43. The second kappa shape index (κ2) is 8.66. The summed E-state index contributed by atoms with van der Waals surface area (Å²) in [4.78, 5) is 23.1. The summed E-state index contributed by atoms with van der Waals surface area (Å²) in [6.45, 7) is 0.326. The van der Waals surface area contributed by atoms with Gasteiger partial charge in [-0.05, 0) is 29.2 Å². The Balaban J connectivity index is 1.42. The molecule has 0 fully saturated rings. The fourth-order valence-electron chi connectivity index (χ4n) is 2.89. The van der Waals surface area contributed by atoms with Crippen molar-refractivity contribution in [2.24, 2.45) is 0 Å². The largest absolute Gasteiger partial charge is 0.445 e. The molecule has 1 aliphatic rings. The van der Waals surface area contributed by atoms with E-state index in [9.17, 15) is 19.8 Å². The Morgan fingerprint density at radius 2 is 1.96 bits per heavy atom. The predicted octanol–water partition coefficient (Wildman–Crippen LogP) is 1.89. The van der Waals surface area contributed by atoms with Gasteiger partial charge in [0.15, 0.2) is 0 Å². The lowest BCUT2D eigenvalue weighted by Gasteiger charge is -2.19. The molecule has 3 rings (SSSR count). The lowest BCUT2D eigenvalue weighted by Crippen LogP contribution is -2.29. The molecule has 2 aromatic carbocycles. The Labute approximate surface area is 157 Å². The molecule has 2 amide bonds. The number of hydrogen-bond donors (Lipinski definition) is 4. The Morgan fingerprint density at radius 1 is 1.19 bits per heavy atom. The first-order valence-corrected chi connectivity index (χ1v) is 8.76. The summed E-state index contributed by atoms with van der Waals surface area (Å²) in [5.41, 5.74) is 2.92. The van der Waals surface area contributed by atoms with Gasteiger partial charge in [-0.2, -0.15) is 0 Å². The summed E-state index contributed by atoms with van der Waals surface area (Å²) in [5.74, 6) is -0.0876. The van der Waals surface area contributed by atoms with E-state index in [1.54, 1.807) is 18.2 Å². The van der Waals surface area contributed by atoms with Crippen molar-refractivity contribution in [3.8, 4) is 0 Å². The Kier molecular flexibility index (Phi) is 6.05. The normalized spacial score (nSPS) is 14.8. The minimum absolute atomic E-state index is 0.0876. The molecule has 0 bridgehead atoms. The van der Waals surface area contributed by atoms with Crippen LogP contribution in [0.15, 0.2) is 48.5 Å². The first-order chi connectivity index (χ1) is 13.0. The van der Waals surface area contributed by atoms with E-state index in [2.05, 4.69) is 10.6 Å². The van der Waals surface area contributed by atoms with Crippen molar-refractivity contribution in [1.82, 2.24) is 5.32 Å². The molecule has 1 heterocycles. The smallest absolute Gasteiger partial charge is 0.407 e. The fraction of sp³-hybridized carbons (Fsp3) is 0.300. The molecule has 0 aromatic heterocycles. The molecule has 0 spiro atoms. The van der Waals surface area contributed by atoms with Crippen LogP contribution >= 0.6 is 0 Å². The van der Waals surface area contributed by atoms with E-state index >= 15 is 0 Å². The molecule has 27 heavy (non-hydrogen) atoms. The van der Waals surface area contributed by atoms with Gasteiger partial charge in [-0.3, -0.25) is 4.79 Å². The van der Waals surface area contributed by atoms with Gasteiger partial charge in [0.1, 0.15) is 12.7 Å². The summed E-state index contributed by atoms with van der Waals surface area (Å²) in [6, 6.07) is 14.4. The number of carbonyl (C=O) groups is 2. The number of nitrogens with one attached hydrogen (secondary N) is 2. The first-order valence-electron chi connectivity index (χ1n) is 8.76. The van der Waals surface area contributed by atoms with Crippen LogP contribution in [0.5, 0.6) is 0 Å². The van der Waals surface area contributed by atoms with Gasteiger partial charge in [0.25, 0.3) is 0 Å². The van der Waals surface area contributed by atoms with E-state index in [1.165, 1.54) is 0 Å². The van der Waals surface area contributed by atoms with Crippen molar-refractivity contribution in [3.63, 3.8) is 0 Å². The van der Waals surface area contributed by atoms with Gasteiger partial charge in [-0.15, -0.1) is 0 Å². The van der Waals surface area contributed by atoms with Crippen LogP contribution in [-0.2, 0) is 22.6 Å². The number of aliphatic hydroxyl groups is 2. The van der Waals surface area contributed by atoms with Gasteiger partial charge in [0.2, 0.25) is 5.91 Å². The molecular weight excluding hydrogens is 348 g/mol. The third-order valence-corrected chi connectivity index (χ3v) is 4.39. The zero-order valence-corrected chi connectivity index (χ0v) is 14.7. The molecule has 2 unspecified atom stereocenters. The van der Waals surface area contributed by atoms with Crippen LogP contribution < -0.4 is 10.6 Å². The summed E-state index contributed by atoms with van der Waals surface area (Å²) in [5, 5.41) is 25.7. The van der Waals surface area contributed by atoms with Crippen LogP contribution in [0.4, 0.5) is 10.5 Å². The standard InChI is InChI=1S/C20H22N2O5/c23-17(8-9-21-20(26)27-12-13-4-2-1-3-5-13)19(25)15-7-6-14-11-18(24)22-16(14)10-15/h1-7,10,17,19,23,25H,8-9,11-12H2,(H,21,26)(H,22,24). The molecule has 7 heteroatoms. The molecule has 2 aromatic rings. The van der Waals surface area contributed by atoms with Crippen molar-refractivity contribution < 1.29 is 24.5 Å². The molecule has 4 N–H and O–H groups in total. The monoisotopic (exact) mass is 370 g/mol. The summed E-state index contributed by atoms with van der Waals surface area (Å²) < 4.78 is 5.08. The van der Waals surface area contributed by atoms with E-state index in [4.69, 9.17) is 4.74 Å². The maximum absolute atomic E-state index is 11.7. The van der Waals surface area contributed by atoms with Crippen molar-refractivity contribution in [2.75, 3.05) is 11.9 Å². The minimum atomic E-state index is -1.12. The molecule has 0 aliphatic carbocycles. The van der Waals surface area contributed by atoms with Crippen LogP contribution in [0.2, 0.25) is 0 Å². The van der Waals surface area contributed by atoms with Crippen molar-refractivity contribution in [2.45, 2.75) is 31.7 Å². The SMILES string of the molecule is O=C1Cc2ccc(C(O)C(O)CCNC(=O)OCc3ccccc3)cc2N1. The highest BCUT2D eigenvalue weighted by Crippen LogP contribution is 2.28. The lowest BCUT2D eigenvalue weighted by molar-refractivity contribution is -0.115. The van der Waals surface area contributed by atoms with Gasteiger partial charge in [0, 0.05) is 12.2 Å². The van der Waals surface area contributed by atoms with E-state index in [1.807, 2.05) is 30.3 Å². The fourth-order valence-corrected chi connectivity index (χ4v) is 2.89. The number of benzene rings is 2. The van der Waals surface area contributed by atoms with Gasteiger partial charge < -0.3 is 25.6 Å². The number of alkyl carbamates (subject to hydrolysis) is 1. The Bertz CT molecular complexity index is 809. The lowest BCUT2D eigenvalue weighted by atomic mass is 10.00. The van der Waals surface area contributed by atoms with Crippen LogP contribution in [0, 0.1) is 0 Å². The molecule has 7 nitrogen and oxygen atoms in total. The zero-order chi connectivity index (χ0) is 19.2. The van der Waals surface area contributed by atoms with Gasteiger partial charge in [0.05, 0.1) is 12.5 Å². The topological polar surface area (TPSA) is 108 Å². The number of hydrogen-bond acceptors (Lipinski definition) is 5. The molecule has 2 atom stereocenters. The number of fused-ring (bicyclic) bond motifs is 1. The van der Waals surface area contributed by atoms with Crippen molar-refractivity contribution >= 4 is 17.7 Å². The molecule has 0 saturated carbocycles. The van der Waals surface area contributed by atoms with E-state index in [0.717, 1.165) is 11.1 Å².